The van der Waals surface area contributed by atoms with Crippen LogP contribution in [0.4, 0.5) is 10.1 Å². The number of unbranched alkanes of at least 4 members (excludes halogenated alkanes) is 1. The van der Waals surface area contributed by atoms with Crippen LogP contribution in [0.3, 0.4) is 0 Å². The van der Waals surface area contributed by atoms with Gasteiger partial charge < -0.3 is 0 Å². The zero-order valence-electron chi connectivity index (χ0n) is 9.22. The van der Waals surface area contributed by atoms with Crippen molar-refractivity contribution in [2.24, 2.45) is 0 Å². The quantitative estimate of drug-likeness (QED) is 0.487. The summed E-state index contributed by atoms with van der Waals surface area (Å²) in [5.41, 5.74) is 0.136. The van der Waals surface area contributed by atoms with Crippen LogP contribution in [0.1, 0.15) is 12.8 Å². The van der Waals surface area contributed by atoms with Crippen LogP contribution < -0.4 is 4.72 Å². The van der Waals surface area contributed by atoms with Crippen LogP contribution in [0, 0.1) is 5.82 Å². The number of anilines is 1. The lowest BCUT2D eigenvalue weighted by Crippen LogP contribution is -2.16. The van der Waals surface area contributed by atoms with E-state index >= 15 is 0 Å². The first-order valence-corrected chi connectivity index (χ1v) is 8.01. The Morgan fingerprint density at radius 2 is 1.72 bits per heavy atom. The summed E-state index contributed by atoms with van der Waals surface area (Å²) in [5, 5.41) is -0.470. The maximum Gasteiger partial charge on any atom is 0.232 e. The van der Waals surface area contributed by atoms with Crippen LogP contribution >= 0.6 is 34.8 Å². The van der Waals surface area contributed by atoms with E-state index < -0.39 is 15.8 Å². The van der Waals surface area contributed by atoms with Gasteiger partial charge in [0.05, 0.1) is 21.5 Å². The van der Waals surface area contributed by atoms with Crippen molar-refractivity contribution in [3.8, 4) is 0 Å². The molecule has 0 spiro atoms. The van der Waals surface area contributed by atoms with Crippen molar-refractivity contribution in [2.45, 2.75) is 12.8 Å². The first kappa shape index (κ1) is 15.8. The minimum absolute atomic E-state index is 0.0632. The number of sulfonamides is 1. The van der Waals surface area contributed by atoms with E-state index in [9.17, 15) is 12.8 Å². The van der Waals surface area contributed by atoms with Crippen LogP contribution in [0.5, 0.6) is 0 Å². The molecule has 0 bridgehead atoms. The zero-order valence-corrected chi connectivity index (χ0v) is 12.3. The molecule has 0 amide bonds. The predicted octanol–water partition coefficient (Wildman–Crippen LogP) is 3.89. The van der Waals surface area contributed by atoms with Gasteiger partial charge in [-0.05, 0) is 25.0 Å². The van der Waals surface area contributed by atoms with E-state index in [1.807, 2.05) is 0 Å². The number of halogens is 4. The van der Waals surface area contributed by atoms with Crippen molar-refractivity contribution in [1.29, 1.82) is 0 Å². The lowest BCUT2D eigenvalue weighted by molar-refractivity contribution is 0.598. The van der Waals surface area contributed by atoms with E-state index in [0.29, 0.717) is 18.7 Å². The summed E-state index contributed by atoms with van der Waals surface area (Å²) in [7, 11) is -3.50. The summed E-state index contributed by atoms with van der Waals surface area (Å²) in [6, 6.07) is 2.34. The van der Waals surface area contributed by atoms with Crippen LogP contribution in [-0.2, 0) is 10.0 Å². The SMILES string of the molecule is O=S(=O)(CCCCCl)Nc1cc(Cl)c(F)c(Cl)c1. The minimum atomic E-state index is -3.50. The van der Waals surface area contributed by atoms with Crippen molar-refractivity contribution in [3.63, 3.8) is 0 Å². The number of nitrogens with one attached hydrogen (secondary N) is 1. The first-order chi connectivity index (χ1) is 8.35. The van der Waals surface area contributed by atoms with Gasteiger partial charge in [-0.1, -0.05) is 23.2 Å². The summed E-state index contributed by atoms with van der Waals surface area (Å²) in [4.78, 5) is 0. The van der Waals surface area contributed by atoms with Gasteiger partial charge in [0, 0.05) is 5.88 Å². The molecule has 1 rings (SSSR count). The van der Waals surface area contributed by atoms with Crippen molar-refractivity contribution in [1.82, 2.24) is 0 Å². The molecule has 1 N–H and O–H groups in total. The second-order valence-corrected chi connectivity index (χ2v) is 6.61. The van der Waals surface area contributed by atoms with Crippen molar-refractivity contribution < 1.29 is 12.8 Å². The number of hydrogen-bond donors (Lipinski definition) is 1. The Labute approximate surface area is 120 Å². The van der Waals surface area contributed by atoms with E-state index in [4.69, 9.17) is 34.8 Å². The molecule has 1 aromatic carbocycles. The highest BCUT2D eigenvalue weighted by atomic mass is 35.5. The lowest BCUT2D eigenvalue weighted by Gasteiger charge is -2.09. The summed E-state index contributed by atoms with van der Waals surface area (Å²) < 4.78 is 38.7. The molecule has 0 saturated carbocycles. The largest absolute Gasteiger partial charge is 0.283 e. The molecule has 0 fully saturated rings. The molecule has 0 heterocycles. The fraction of sp³-hybridized carbons (Fsp3) is 0.400. The number of rotatable bonds is 6. The molecule has 8 heteroatoms. The molecule has 0 aliphatic heterocycles. The zero-order chi connectivity index (χ0) is 13.8. The van der Waals surface area contributed by atoms with Crippen LogP contribution in [0.25, 0.3) is 0 Å². The standard InChI is InChI=1S/C10H11Cl3FNO2S/c11-3-1-2-4-18(16,17)15-7-5-8(12)10(14)9(13)6-7/h5-6,15H,1-4H2. The third-order valence-corrected chi connectivity index (χ3v) is 4.24. The van der Waals surface area contributed by atoms with Gasteiger partial charge in [0.25, 0.3) is 0 Å². The Hall–Kier alpha value is -0.230. The lowest BCUT2D eigenvalue weighted by atomic mass is 10.3. The Kier molecular flexibility index (Phi) is 5.98. The highest BCUT2D eigenvalue weighted by Gasteiger charge is 2.13. The Morgan fingerprint density at radius 3 is 2.22 bits per heavy atom. The molecule has 18 heavy (non-hydrogen) atoms. The average molecular weight is 335 g/mol. The van der Waals surface area contributed by atoms with E-state index in [1.54, 1.807) is 0 Å². The number of hydrogen-bond acceptors (Lipinski definition) is 2. The number of benzene rings is 1. The second-order valence-electron chi connectivity index (χ2n) is 3.57. The van der Waals surface area contributed by atoms with Gasteiger partial charge in [0.15, 0.2) is 5.82 Å². The molecule has 0 aromatic heterocycles. The normalized spacial score (nSPS) is 11.6. The fourth-order valence-electron chi connectivity index (χ4n) is 1.23. The third-order valence-electron chi connectivity index (χ3n) is 2.05. The monoisotopic (exact) mass is 333 g/mol. The predicted molar refractivity (Wildman–Crippen MR) is 73.8 cm³/mol. The molecule has 0 unspecified atom stereocenters. The highest BCUT2D eigenvalue weighted by molar-refractivity contribution is 7.92. The molecule has 0 atom stereocenters. The molecular formula is C10H11Cl3FNO2S. The Balaban J connectivity index is 2.78. The van der Waals surface area contributed by atoms with Gasteiger partial charge in [0.1, 0.15) is 0 Å². The summed E-state index contributed by atoms with van der Waals surface area (Å²) in [5.74, 6) is -0.431. The maximum absolute atomic E-state index is 13.1. The highest BCUT2D eigenvalue weighted by Crippen LogP contribution is 2.27. The Bertz CT molecular complexity index is 499. The van der Waals surface area contributed by atoms with Crippen LogP contribution in [-0.4, -0.2) is 20.1 Å². The summed E-state index contributed by atoms with van der Waals surface area (Å²) in [6.45, 7) is 0. The molecule has 0 aliphatic carbocycles. The van der Waals surface area contributed by atoms with Crippen molar-refractivity contribution in [3.05, 3.63) is 28.0 Å². The van der Waals surface area contributed by atoms with Gasteiger partial charge in [-0.25, -0.2) is 12.8 Å². The van der Waals surface area contributed by atoms with Crippen molar-refractivity contribution in [2.75, 3.05) is 16.4 Å². The van der Waals surface area contributed by atoms with Gasteiger partial charge in [-0.3, -0.25) is 4.72 Å². The van der Waals surface area contributed by atoms with Crippen LogP contribution in [0.15, 0.2) is 12.1 Å². The van der Waals surface area contributed by atoms with E-state index in [1.165, 1.54) is 12.1 Å². The topological polar surface area (TPSA) is 46.2 Å². The second kappa shape index (κ2) is 6.80. The maximum atomic E-state index is 13.1. The minimum Gasteiger partial charge on any atom is -0.283 e. The van der Waals surface area contributed by atoms with Gasteiger partial charge in [-0.15, -0.1) is 11.6 Å². The summed E-state index contributed by atoms with van der Waals surface area (Å²) in [6.07, 6.45) is 1.05. The molecule has 1 aromatic rings. The van der Waals surface area contributed by atoms with E-state index in [2.05, 4.69) is 4.72 Å². The van der Waals surface area contributed by atoms with Gasteiger partial charge in [-0.2, -0.15) is 0 Å². The molecular weight excluding hydrogens is 324 g/mol. The molecule has 102 valence electrons. The molecule has 0 radical (unpaired) electrons. The first-order valence-electron chi connectivity index (χ1n) is 5.07. The summed E-state index contributed by atoms with van der Waals surface area (Å²) >= 11 is 16.6. The fourth-order valence-corrected chi connectivity index (χ4v) is 3.07. The number of alkyl halides is 1. The molecule has 0 aliphatic rings. The van der Waals surface area contributed by atoms with Gasteiger partial charge in [0.2, 0.25) is 10.0 Å². The Morgan fingerprint density at radius 1 is 1.17 bits per heavy atom. The van der Waals surface area contributed by atoms with E-state index in [0.717, 1.165) is 0 Å². The average Bonchev–Trinajstić information content (AvgIpc) is 2.25. The molecule has 0 saturated heterocycles. The van der Waals surface area contributed by atoms with E-state index in [-0.39, 0.29) is 21.5 Å². The smallest absolute Gasteiger partial charge is 0.232 e. The van der Waals surface area contributed by atoms with Gasteiger partial charge >= 0.3 is 0 Å². The van der Waals surface area contributed by atoms with Crippen LogP contribution in [0.2, 0.25) is 10.0 Å². The molecule has 3 nitrogen and oxygen atoms in total. The van der Waals surface area contributed by atoms with Crippen molar-refractivity contribution >= 4 is 50.5 Å². The third kappa shape index (κ3) is 4.80.